The summed E-state index contributed by atoms with van der Waals surface area (Å²) < 4.78 is 11.0. The standard InChI is InChI=1S/C13H18O2S/c1-3-14-12-8-7-11(6-5-9-16)10-13(12)15-4-2/h5-8,10,16H,3-4,9H2,1-2H3. The summed E-state index contributed by atoms with van der Waals surface area (Å²) in [4.78, 5) is 0. The van der Waals surface area contributed by atoms with Crippen molar-refractivity contribution in [3.05, 3.63) is 29.8 Å². The maximum atomic E-state index is 5.53. The Balaban J connectivity index is 2.92. The summed E-state index contributed by atoms with van der Waals surface area (Å²) >= 11 is 4.13. The lowest BCUT2D eigenvalue weighted by atomic mass is 10.2. The summed E-state index contributed by atoms with van der Waals surface area (Å²) in [7, 11) is 0. The summed E-state index contributed by atoms with van der Waals surface area (Å²) in [5.41, 5.74) is 1.10. The number of hydrogen-bond acceptors (Lipinski definition) is 3. The molecule has 0 bridgehead atoms. The fourth-order valence-corrected chi connectivity index (χ4v) is 1.47. The van der Waals surface area contributed by atoms with Gasteiger partial charge in [-0.15, -0.1) is 0 Å². The minimum atomic E-state index is 0.639. The van der Waals surface area contributed by atoms with Crippen molar-refractivity contribution in [3.8, 4) is 11.5 Å². The molecule has 0 fully saturated rings. The smallest absolute Gasteiger partial charge is 0.161 e. The van der Waals surface area contributed by atoms with Crippen molar-refractivity contribution < 1.29 is 9.47 Å². The molecule has 0 aliphatic rings. The van der Waals surface area contributed by atoms with Crippen LogP contribution in [0.3, 0.4) is 0 Å². The molecule has 0 aromatic heterocycles. The molecule has 0 unspecified atom stereocenters. The van der Waals surface area contributed by atoms with Crippen LogP contribution < -0.4 is 9.47 Å². The van der Waals surface area contributed by atoms with E-state index in [1.807, 2.05) is 44.2 Å². The van der Waals surface area contributed by atoms with Gasteiger partial charge in [0.15, 0.2) is 11.5 Å². The lowest BCUT2D eigenvalue weighted by Crippen LogP contribution is -1.98. The molecule has 0 spiro atoms. The summed E-state index contributed by atoms with van der Waals surface area (Å²) in [6.07, 6.45) is 4.01. The second kappa shape index (κ2) is 7.23. The van der Waals surface area contributed by atoms with Crippen molar-refractivity contribution >= 4 is 18.7 Å². The van der Waals surface area contributed by atoms with E-state index in [0.29, 0.717) is 13.2 Å². The Kier molecular flexibility index (Phi) is 5.86. The highest BCUT2D eigenvalue weighted by Crippen LogP contribution is 2.28. The zero-order chi connectivity index (χ0) is 11.8. The van der Waals surface area contributed by atoms with Crippen LogP contribution in [0.1, 0.15) is 19.4 Å². The molecule has 0 saturated heterocycles. The van der Waals surface area contributed by atoms with Gasteiger partial charge in [0.1, 0.15) is 0 Å². The van der Waals surface area contributed by atoms with E-state index < -0.39 is 0 Å². The van der Waals surface area contributed by atoms with E-state index in [4.69, 9.17) is 9.47 Å². The van der Waals surface area contributed by atoms with Crippen molar-refractivity contribution in [2.24, 2.45) is 0 Å². The lowest BCUT2D eigenvalue weighted by molar-refractivity contribution is 0.287. The molecule has 1 rings (SSSR count). The van der Waals surface area contributed by atoms with Crippen molar-refractivity contribution in [2.45, 2.75) is 13.8 Å². The monoisotopic (exact) mass is 238 g/mol. The van der Waals surface area contributed by atoms with Crippen molar-refractivity contribution in [2.75, 3.05) is 19.0 Å². The van der Waals surface area contributed by atoms with E-state index in [1.54, 1.807) is 0 Å². The van der Waals surface area contributed by atoms with E-state index >= 15 is 0 Å². The van der Waals surface area contributed by atoms with Gasteiger partial charge in [0.05, 0.1) is 13.2 Å². The first kappa shape index (κ1) is 13.0. The topological polar surface area (TPSA) is 18.5 Å². The summed E-state index contributed by atoms with van der Waals surface area (Å²) in [6, 6.07) is 5.93. The van der Waals surface area contributed by atoms with Crippen LogP contribution in [0.5, 0.6) is 11.5 Å². The van der Waals surface area contributed by atoms with Crippen LogP contribution in [0.25, 0.3) is 6.08 Å². The van der Waals surface area contributed by atoms with Gasteiger partial charge in [0.2, 0.25) is 0 Å². The first-order chi connectivity index (χ1) is 7.81. The molecule has 2 nitrogen and oxygen atoms in total. The highest BCUT2D eigenvalue weighted by atomic mass is 32.1. The molecule has 0 amide bonds. The van der Waals surface area contributed by atoms with Gasteiger partial charge in [-0.3, -0.25) is 0 Å². The number of rotatable bonds is 6. The van der Waals surface area contributed by atoms with Crippen LogP contribution in [0, 0.1) is 0 Å². The maximum absolute atomic E-state index is 5.53. The Morgan fingerprint density at radius 3 is 2.44 bits per heavy atom. The molecule has 16 heavy (non-hydrogen) atoms. The second-order valence-corrected chi connectivity index (χ2v) is 3.52. The molecule has 0 atom stereocenters. The summed E-state index contributed by atoms with van der Waals surface area (Å²) in [5, 5.41) is 0. The maximum Gasteiger partial charge on any atom is 0.161 e. The van der Waals surface area contributed by atoms with Crippen molar-refractivity contribution in [1.82, 2.24) is 0 Å². The number of ether oxygens (including phenoxy) is 2. The third kappa shape index (κ3) is 3.81. The summed E-state index contributed by atoms with van der Waals surface area (Å²) in [6.45, 7) is 5.21. The molecule has 1 aromatic rings. The number of hydrogen-bond donors (Lipinski definition) is 1. The van der Waals surface area contributed by atoms with Gasteiger partial charge >= 0.3 is 0 Å². The third-order valence-corrected chi connectivity index (χ3v) is 2.19. The first-order valence-electron chi connectivity index (χ1n) is 5.48. The molecule has 0 radical (unpaired) electrons. The quantitative estimate of drug-likeness (QED) is 0.765. The average molecular weight is 238 g/mol. The van der Waals surface area contributed by atoms with Crippen LogP contribution in [0.4, 0.5) is 0 Å². The highest BCUT2D eigenvalue weighted by molar-refractivity contribution is 7.80. The molecule has 1 aromatic carbocycles. The Morgan fingerprint density at radius 1 is 1.12 bits per heavy atom. The van der Waals surface area contributed by atoms with Crippen molar-refractivity contribution in [3.63, 3.8) is 0 Å². The Morgan fingerprint density at radius 2 is 1.81 bits per heavy atom. The van der Waals surface area contributed by atoms with Crippen LogP contribution >= 0.6 is 12.6 Å². The minimum absolute atomic E-state index is 0.639. The normalized spacial score (nSPS) is 10.7. The Labute approximate surface area is 103 Å². The average Bonchev–Trinajstić information content (AvgIpc) is 2.30. The first-order valence-corrected chi connectivity index (χ1v) is 6.12. The molecule has 0 heterocycles. The van der Waals surface area contributed by atoms with Crippen LogP contribution in [0.15, 0.2) is 24.3 Å². The number of thiol groups is 1. The largest absolute Gasteiger partial charge is 0.490 e. The molecular formula is C13H18O2S. The van der Waals surface area contributed by atoms with Crippen LogP contribution in [0.2, 0.25) is 0 Å². The van der Waals surface area contributed by atoms with E-state index in [2.05, 4.69) is 12.6 Å². The Bertz CT molecular complexity index is 348. The van der Waals surface area contributed by atoms with Gasteiger partial charge in [0.25, 0.3) is 0 Å². The number of benzene rings is 1. The fraction of sp³-hybridized carbons (Fsp3) is 0.385. The minimum Gasteiger partial charge on any atom is -0.490 e. The second-order valence-electron chi connectivity index (χ2n) is 3.16. The molecular weight excluding hydrogens is 220 g/mol. The van der Waals surface area contributed by atoms with E-state index in [9.17, 15) is 0 Å². The third-order valence-electron chi connectivity index (χ3n) is 1.98. The van der Waals surface area contributed by atoms with E-state index in [0.717, 1.165) is 22.8 Å². The molecule has 3 heteroatoms. The van der Waals surface area contributed by atoms with Gasteiger partial charge < -0.3 is 9.47 Å². The predicted octanol–water partition coefficient (Wildman–Crippen LogP) is 3.43. The van der Waals surface area contributed by atoms with Gasteiger partial charge in [-0.1, -0.05) is 18.2 Å². The van der Waals surface area contributed by atoms with Gasteiger partial charge in [-0.2, -0.15) is 12.6 Å². The Hall–Kier alpha value is -1.09. The summed E-state index contributed by atoms with van der Waals surface area (Å²) in [5.74, 6) is 2.33. The molecule has 0 aliphatic heterocycles. The van der Waals surface area contributed by atoms with Gasteiger partial charge in [-0.25, -0.2) is 0 Å². The SMILES string of the molecule is CCOc1ccc(C=CCS)cc1OCC. The molecule has 88 valence electrons. The van der Waals surface area contributed by atoms with Gasteiger partial charge in [0, 0.05) is 5.75 Å². The molecule has 0 aliphatic carbocycles. The zero-order valence-corrected chi connectivity index (χ0v) is 10.7. The molecule has 0 saturated carbocycles. The predicted molar refractivity (Wildman–Crippen MR) is 71.7 cm³/mol. The van der Waals surface area contributed by atoms with Crippen LogP contribution in [-0.2, 0) is 0 Å². The van der Waals surface area contributed by atoms with Crippen molar-refractivity contribution in [1.29, 1.82) is 0 Å². The lowest BCUT2D eigenvalue weighted by Gasteiger charge is -2.11. The highest BCUT2D eigenvalue weighted by Gasteiger charge is 2.04. The zero-order valence-electron chi connectivity index (χ0n) is 9.77. The molecule has 0 N–H and O–H groups in total. The van der Waals surface area contributed by atoms with Gasteiger partial charge in [-0.05, 0) is 31.5 Å². The fourth-order valence-electron chi connectivity index (χ4n) is 1.36. The van der Waals surface area contributed by atoms with E-state index in [1.165, 1.54) is 0 Å². The van der Waals surface area contributed by atoms with Crippen LogP contribution in [-0.4, -0.2) is 19.0 Å². The van der Waals surface area contributed by atoms with E-state index in [-0.39, 0.29) is 0 Å².